The van der Waals surface area contributed by atoms with Gasteiger partial charge in [-0.1, -0.05) is 6.42 Å². The number of rotatable bonds is 5. The molecular weight excluding hydrogens is 218 g/mol. The van der Waals surface area contributed by atoms with Crippen LogP contribution in [0.25, 0.3) is 0 Å². The molecule has 6 nitrogen and oxygen atoms in total. The summed E-state index contributed by atoms with van der Waals surface area (Å²) in [4.78, 5) is 6.83. The van der Waals surface area contributed by atoms with E-state index < -0.39 is 0 Å². The molecule has 1 atom stereocenters. The lowest BCUT2D eigenvalue weighted by Crippen LogP contribution is -2.44. The summed E-state index contributed by atoms with van der Waals surface area (Å²) in [7, 11) is 3.83. The van der Waals surface area contributed by atoms with Crippen molar-refractivity contribution >= 4 is 5.96 Å². The van der Waals surface area contributed by atoms with E-state index in [9.17, 15) is 0 Å². The van der Waals surface area contributed by atoms with Crippen LogP contribution in [0.3, 0.4) is 0 Å². The van der Waals surface area contributed by atoms with Crippen LogP contribution in [0.1, 0.15) is 19.3 Å². The molecule has 4 N–H and O–H groups in total. The predicted octanol–water partition coefficient (Wildman–Crippen LogP) is -0.474. The Labute approximate surface area is 104 Å². The van der Waals surface area contributed by atoms with E-state index in [-0.39, 0.29) is 0 Å². The molecule has 6 heteroatoms. The minimum atomic E-state index is 0.538. The third-order valence-corrected chi connectivity index (χ3v) is 3.12. The van der Waals surface area contributed by atoms with Crippen molar-refractivity contribution in [3.05, 3.63) is 0 Å². The average Bonchev–Trinajstić information content (AvgIpc) is 2.35. The molecule has 0 amide bonds. The van der Waals surface area contributed by atoms with E-state index in [0.717, 1.165) is 6.54 Å². The standard InChI is InChI=1S/C11H25N5O/c1-16-7-4-3-5-10(16)9-14-11(15-12)13-6-8-17-2/h10H,3-9,12H2,1-2H3,(H2,13,14,15). The van der Waals surface area contributed by atoms with E-state index in [1.54, 1.807) is 7.11 Å². The van der Waals surface area contributed by atoms with Crippen molar-refractivity contribution in [2.45, 2.75) is 25.3 Å². The van der Waals surface area contributed by atoms with Gasteiger partial charge in [-0.25, -0.2) is 5.84 Å². The predicted molar refractivity (Wildman–Crippen MR) is 69.8 cm³/mol. The van der Waals surface area contributed by atoms with Crippen LogP contribution in [-0.2, 0) is 4.74 Å². The molecule has 1 saturated heterocycles. The molecule has 1 aliphatic rings. The van der Waals surface area contributed by atoms with Crippen LogP contribution in [0, 0.1) is 0 Å². The zero-order valence-electron chi connectivity index (χ0n) is 10.9. The monoisotopic (exact) mass is 243 g/mol. The molecule has 0 aromatic rings. The van der Waals surface area contributed by atoms with E-state index in [0.29, 0.717) is 25.2 Å². The van der Waals surface area contributed by atoms with Crippen LogP contribution in [-0.4, -0.2) is 57.3 Å². The van der Waals surface area contributed by atoms with Gasteiger partial charge in [0, 0.05) is 19.7 Å². The molecule has 0 aliphatic carbocycles. The van der Waals surface area contributed by atoms with Gasteiger partial charge in [0.25, 0.3) is 0 Å². The number of likely N-dealkylation sites (tertiary alicyclic amines) is 1. The lowest BCUT2D eigenvalue weighted by Gasteiger charge is -2.31. The fourth-order valence-electron chi connectivity index (χ4n) is 2.00. The number of methoxy groups -OCH3 is 1. The molecule has 1 rings (SSSR count). The van der Waals surface area contributed by atoms with Crippen LogP contribution in [0.2, 0.25) is 0 Å². The maximum atomic E-state index is 5.41. The van der Waals surface area contributed by atoms with E-state index in [4.69, 9.17) is 10.6 Å². The molecule has 1 heterocycles. The molecule has 1 unspecified atom stereocenters. The number of hydrogen-bond donors (Lipinski definition) is 3. The van der Waals surface area contributed by atoms with E-state index >= 15 is 0 Å². The topological polar surface area (TPSA) is 74.9 Å². The second kappa shape index (κ2) is 8.27. The van der Waals surface area contributed by atoms with Gasteiger partial charge in [0.05, 0.1) is 13.2 Å². The fraction of sp³-hybridized carbons (Fsp3) is 0.909. The van der Waals surface area contributed by atoms with Crippen LogP contribution in [0.15, 0.2) is 4.99 Å². The molecule has 0 radical (unpaired) electrons. The van der Waals surface area contributed by atoms with Crippen LogP contribution in [0.4, 0.5) is 0 Å². The first-order valence-corrected chi connectivity index (χ1v) is 6.22. The Morgan fingerprint density at radius 3 is 3.00 bits per heavy atom. The lowest BCUT2D eigenvalue weighted by atomic mass is 10.0. The highest BCUT2D eigenvalue weighted by atomic mass is 16.5. The summed E-state index contributed by atoms with van der Waals surface area (Å²) >= 11 is 0. The van der Waals surface area contributed by atoms with Gasteiger partial charge in [-0.15, -0.1) is 0 Å². The van der Waals surface area contributed by atoms with Gasteiger partial charge in [-0.3, -0.25) is 10.4 Å². The number of nitrogens with zero attached hydrogens (tertiary/aromatic N) is 2. The number of guanidine groups is 1. The van der Waals surface area contributed by atoms with Gasteiger partial charge in [-0.2, -0.15) is 0 Å². The Morgan fingerprint density at radius 2 is 2.35 bits per heavy atom. The Morgan fingerprint density at radius 1 is 1.53 bits per heavy atom. The quantitative estimate of drug-likeness (QED) is 0.200. The van der Waals surface area contributed by atoms with E-state index in [2.05, 4.69) is 27.7 Å². The summed E-state index contributed by atoms with van der Waals surface area (Å²) in [5, 5.41) is 3.10. The average molecular weight is 243 g/mol. The van der Waals surface area contributed by atoms with Crippen molar-refractivity contribution in [3.63, 3.8) is 0 Å². The van der Waals surface area contributed by atoms with E-state index in [1.807, 2.05) is 0 Å². The third-order valence-electron chi connectivity index (χ3n) is 3.12. The molecule has 100 valence electrons. The summed E-state index contributed by atoms with van der Waals surface area (Å²) in [6.45, 7) is 3.31. The normalized spacial score (nSPS) is 22.5. The molecule has 0 saturated carbocycles. The Bertz CT molecular complexity index is 234. The number of piperidine rings is 1. The first-order valence-electron chi connectivity index (χ1n) is 6.22. The Kier molecular flexibility index (Phi) is 6.91. The number of hydrazine groups is 1. The number of nitrogens with two attached hydrogens (primary N) is 1. The second-order valence-corrected chi connectivity index (χ2v) is 4.38. The summed E-state index contributed by atoms with van der Waals surface area (Å²) in [5.74, 6) is 6.05. The third kappa shape index (κ3) is 5.34. The first-order chi connectivity index (χ1) is 8.27. The molecule has 1 aliphatic heterocycles. The molecule has 0 aromatic heterocycles. The smallest absolute Gasteiger partial charge is 0.205 e. The van der Waals surface area contributed by atoms with Crippen molar-refractivity contribution in [1.82, 2.24) is 15.6 Å². The van der Waals surface area contributed by atoms with Gasteiger partial charge in [-0.05, 0) is 26.4 Å². The van der Waals surface area contributed by atoms with Crippen molar-refractivity contribution in [2.24, 2.45) is 10.8 Å². The number of aliphatic imine (C=N–C) groups is 1. The Hall–Kier alpha value is -0.850. The highest BCUT2D eigenvalue weighted by Gasteiger charge is 2.18. The maximum absolute atomic E-state index is 5.41. The van der Waals surface area contributed by atoms with Crippen LogP contribution >= 0.6 is 0 Å². The highest BCUT2D eigenvalue weighted by molar-refractivity contribution is 5.79. The van der Waals surface area contributed by atoms with Crippen LogP contribution in [0.5, 0.6) is 0 Å². The fourth-order valence-corrected chi connectivity index (χ4v) is 2.00. The Balaban J connectivity index is 2.32. The number of likely N-dealkylation sites (N-methyl/N-ethyl adjacent to an activating group) is 1. The second-order valence-electron chi connectivity index (χ2n) is 4.38. The highest BCUT2D eigenvalue weighted by Crippen LogP contribution is 2.14. The molecule has 0 bridgehead atoms. The zero-order chi connectivity index (χ0) is 12.5. The number of hydrogen-bond acceptors (Lipinski definition) is 4. The summed E-state index contributed by atoms with van der Waals surface area (Å²) < 4.78 is 4.95. The van der Waals surface area contributed by atoms with Crippen molar-refractivity contribution in [1.29, 1.82) is 0 Å². The number of ether oxygens (including phenoxy) is 1. The van der Waals surface area contributed by atoms with Crippen molar-refractivity contribution in [3.8, 4) is 0 Å². The van der Waals surface area contributed by atoms with Gasteiger partial charge in [0.1, 0.15) is 0 Å². The van der Waals surface area contributed by atoms with Gasteiger partial charge < -0.3 is 15.0 Å². The minimum absolute atomic E-state index is 0.538. The summed E-state index contributed by atoms with van der Waals surface area (Å²) in [6, 6.07) is 0.538. The van der Waals surface area contributed by atoms with Gasteiger partial charge >= 0.3 is 0 Å². The van der Waals surface area contributed by atoms with Gasteiger partial charge in [0.2, 0.25) is 5.96 Å². The zero-order valence-corrected chi connectivity index (χ0v) is 10.9. The van der Waals surface area contributed by atoms with Crippen molar-refractivity contribution < 1.29 is 4.74 Å². The summed E-state index contributed by atoms with van der Waals surface area (Å²) in [6.07, 6.45) is 3.81. The molecule has 0 aromatic carbocycles. The molecule has 0 spiro atoms. The minimum Gasteiger partial charge on any atom is -0.383 e. The van der Waals surface area contributed by atoms with Crippen molar-refractivity contribution in [2.75, 3.05) is 40.4 Å². The molecule has 17 heavy (non-hydrogen) atoms. The number of nitrogens with one attached hydrogen (secondary N) is 2. The van der Waals surface area contributed by atoms with Crippen LogP contribution < -0.4 is 16.6 Å². The van der Waals surface area contributed by atoms with Gasteiger partial charge in [0.15, 0.2) is 0 Å². The largest absolute Gasteiger partial charge is 0.383 e. The maximum Gasteiger partial charge on any atom is 0.205 e. The van der Waals surface area contributed by atoms with E-state index in [1.165, 1.54) is 25.8 Å². The SMILES string of the molecule is COCCNC(=NCC1CCCCN1C)NN. The molecule has 1 fully saturated rings. The first kappa shape index (κ1) is 14.2. The summed E-state index contributed by atoms with van der Waals surface area (Å²) in [5.41, 5.74) is 2.58. The molecular formula is C11H25N5O. The lowest BCUT2D eigenvalue weighted by molar-refractivity contribution is 0.191.